The predicted octanol–water partition coefficient (Wildman–Crippen LogP) is 2.53. The predicted molar refractivity (Wildman–Crippen MR) is 77.4 cm³/mol. The molecule has 0 spiro atoms. The highest BCUT2D eigenvalue weighted by Gasteiger charge is 2.27. The van der Waals surface area contributed by atoms with Gasteiger partial charge in [0.2, 0.25) is 0 Å². The number of hydrogen-bond acceptors (Lipinski definition) is 3. The van der Waals surface area contributed by atoms with Gasteiger partial charge in [0.1, 0.15) is 5.82 Å². The quantitative estimate of drug-likeness (QED) is 0.921. The zero-order valence-corrected chi connectivity index (χ0v) is 12.7. The Hall–Kier alpha value is -0.490. The van der Waals surface area contributed by atoms with Crippen LogP contribution in [0.3, 0.4) is 0 Å². The van der Waals surface area contributed by atoms with Crippen LogP contribution in [0.15, 0.2) is 22.7 Å². The summed E-state index contributed by atoms with van der Waals surface area (Å²) in [5, 5.41) is 0. The first-order chi connectivity index (χ1) is 9.13. The second kappa shape index (κ2) is 6.79. The van der Waals surface area contributed by atoms with Crippen molar-refractivity contribution in [2.45, 2.75) is 31.5 Å². The average molecular weight is 331 g/mol. The van der Waals surface area contributed by atoms with Gasteiger partial charge >= 0.3 is 0 Å². The summed E-state index contributed by atoms with van der Waals surface area (Å²) < 4.78 is 19.3. The summed E-state index contributed by atoms with van der Waals surface area (Å²) in [5.74, 6) is -0.218. The molecule has 0 radical (unpaired) electrons. The van der Waals surface area contributed by atoms with Crippen LogP contribution in [0.5, 0.6) is 0 Å². The molecule has 19 heavy (non-hydrogen) atoms. The third-order valence-electron chi connectivity index (χ3n) is 3.78. The molecule has 106 valence electrons. The number of methoxy groups -OCH3 is 1. The molecule has 2 unspecified atom stereocenters. The first-order valence-electron chi connectivity index (χ1n) is 6.55. The van der Waals surface area contributed by atoms with Crippen LogP contribution in [0.25, 0.3) is 0 Å². The molecule has 1 aromatic rings. The van der Waals surface area contributed by atoms with Gasteiger partial charge in [-0.15, -0.1) is 0 Å². The van der Waals surface area contributed by atoms with Gasteiger partial charge in [-0.3, -0.25) is 4.90 Å². The number of piperidine rings is 1. The molecule has 1 aliphatic rings. The Bertz CT molecular complexity index is 430. The zero-order valence-electron chi connectivity index (χ0n) is 11.1. The molecule has 1 saturated heterocycles. The molecule has 2 N–H and O–H groups in total. The van der Waals surface area contributed by atoms with Crippen molar-refractivity contribution in [2.24, 2.45) is 5.73 Å². The van der Waals surface area contributed by atoms with Gasteiger partial charge in [-0.25, -0.2) is 4.39 Å². The van der Waals surface area contributed by atoms with Gasteiger partial charge in [-0.1, -0.05) is 22.0 Å². The van der Waals surface area contributed by atoms with Crippen LogP contribution in [0, 0.1) is 5.82 Å². The molecular weight excluding hydrogens is 311 g/mol. The maximum Gasteiger partial charge on any atom is 0.124 e. The van der Waals surface area contributed by atoms with Gasteiger partial charge in [-0.05, 0) is 30.5 Å². The zero-order chi connectivity index (χ0) is 13.8. The summed E-state index contributed by atoms with van der Waals surface area (Å²) in [4.78, 5) is 2.35. The van der Waals surface area contributed by atoms with Crippen LogP contribution in [0.1, 0.15) is 18.4 Å². The Morgan fingerprint density at radius 3 is 2.95 bits per heavy atom. The van der Waals surface area contributed by atoms with Gasteiger partial charge in [0.05, 0.1) is 6.10 Å². The molecule has 3 nitrogen and oxygen atoms in total. The number of hydrogen-bond donors (Lipinski definition) is 1. The third kappa shape index (κ3) is 3.75. The van der Waals surface area contributed by atoms with Gasteiger partial charge in [0.15, 0.2) is 0 Å². The standard InChI is InChI=1S/C14H20BrFN2O/c1-19-13-4-5-18(12(7-13)8-17)9-10-2-3-11(16)6-14(10)15/h2-3,6,12-13H,4-5,7-9,17H2,1H3. The number of ether oxygens (including phenoxy) is 1. The first-order valence-corrected chi connectivity index (χ1v) is 7.34. The van der Waals surface area contributed by atoms with Crippen molar-refractivity contribution >= 4 is 15.9 Å². The van der Waals surface area contributed by atoms with Crippen molar-refractivity contribution in [3.8, 4) is 0 Å². The van der Waals surface area contributed by atoms with Crippen LogP contribution < -0.4 is 5.73 Å². The monoisotopic (exact) mass is 330 g/mol. The van der Waals surface area contributed by atoms with E-state index in [1.807, 2.05) is 6.07 Å². The summed E-state index contributed by atoms with van der Waals surface area (Å²) in [6.07, 6.45) is 2.29. The van der Waals surface area contributed by atoms with Crippen molar-refractivity contribution in [1.82, 2.24) is 4.90 Å². The highest BCUT2D eigenvalue weighted by Crippen LogP contribution is 2.25. The van der Waals surface area contributed by atoms with Gasteiger partial charge in [0.25, 0.3) is 0 Å². The van der Waals surface area contributed by atoms with Crippen molar-refractivity contribution < 1.29 is 9.13 Å². The number of likely N-dealkylation sites (tertiary alicyclic amines) is 1. The first kappa shape index (κ1) is 14.9. The molecule has 0 bridgehead atoms. The molecule has 0 aliphatic carbocycles. The van der Waals surface area contributed by atoms with Crippen LogP contribution in [0.2, 0.25) is 0 Å². The van der Waals surface area contributed by atoms with E-state index < -0.39 is 0 Å². The molecule has 1 aliphatic heterocycles. The highest BCUT2D eigenvalue weighted by molar-refractivity contribution is 9.10. The molecule has 0 saturated carbocycles. The summed E-state index contributed by atoms with van der Waals surface area (Å²) in [6, 6.07) is 5.17. The van der Waals surface area contributed by atoms with Crippen LogP contribution in [-0.2, 0) is 11.3 Å². The molecule has 1 fully saturated rings. The SMILES string of the molecule is COC1CCN(Cc2ccc(F)cc2Br)C(CN)C1. The normalized spacial score (nSPS) is 24.6. The Labute approximate surface area is 122 Å². The lowest BCUT2D eigenvalue weighted by atomic mass is 9.98. The van der Waals surface area contributed by atoms with E-state index in [2.05, 4.69) is 20.8 Å². The number of rotatable bonds is 4. The maximum atomic E-state index is 13.1. The van der Waals surface area contributed by atoms with Crippen molar-refractivity contribution in [3.05, 3.63) is 34.1 Å². The molecule has 0 aromatic heterocycles. The van der Waals surface area contributed by atoms with E-state index in [1.54, 1.807) is 7.11 Å². The van der Waals surface area contributed by atoms with Gasteiger partial charge in [-0.2, -0.15) is 0 Å². The lowest BCUT2D eigenvalue weighted by Crippen LogP contribution is -2.48. The number of nitrogens with zero attached hydrogens (tertiary/aromatic N) is 1. The van der Waals surface area contributed by atoms with E-state index in [0.717, 1.165) is 36.0 Å². The van der Waals surface area contributed by atoms with E-state index in [1.165, 1.54) is 12.1 Å². The second-order valence-electron chi connectivity index (χ2n) is 4.98. The molecule has 0 amide bonds. The van der Waals surface area contributed by atoms with Gasteiger partial charge < -0.3 is 10.5 Å². The minimum absolute atomic E-state index is 0.218. The van der Waals surface area contributed by atoms with E-state index >= 15 is 0 Å². The Morgan fingerprint density at radius 2 is 2.32 bits per heavy atom. The fourth-order valence-corrected chi connectivity index (χ4v) is 3.08. The molecule has 1 heterocycles. The molecular formula is C14H20BrFN2O. The van der Waals surface area contributed by atoms with Gasteiger partial charge in [0, 0.05) is 37.3 Å². The van der Waals surface area contributed by atoms with Crippen LogP contribution in [0.4, 0.5) is 4.39 Å². The second-order valence-corrected chi connectivity index (χ2v) is 5.83. The number of benzene rings is 1. The van der Waals surface area contributed by atoms with Crippen molar-refractivity contribution in [3.63, 3.8) is 0 Å². The summed E-state index contributed by atoms with van der Waals surface area (Å²) in [5.41, 5.74) is 6.95. The molecule has 1 aromatic carbocycles. The largest absolute Gasteiger partial charge is 0.381 e. The minimum atomic E-state index is -0.218. The smallest absolute Gasteiger partial charge is 0.124 e. The topological polar surface area (TPSA) is 38.5 Å². The van der Waals surface area contributed by atoms with Crippen molar-refractivity contribution in [1.29, 1.82) is 0 Å². The summed E-state index contributed by atoms with van der Waals surface area (Å²) >= 11 is 3.42. The van der Waals surface area contributed by atoms with Crippen molar-refractivity contribution in [2.75, 3.05) is 20.2 Å². The van der Waals surface area contributed by atoms with Crippen LogP contribution >= 0.6 is 15.9 Å². The van der Waals surface area contributed by atoms with E-state index in [9.17, 15) is 4.39 Å². The molecule has 2 atom stereocenters. The highest BCUT2D eigenvalue weighted by atomic mass is 79.9. The lowest BCUT2D eigenvalue weighted by Gasteiger charge is -2.38. The third-order valence-corrected chi connectivity index (χ3v) is 4.52. The lowest BCUT2D eigenvalue weighted by molar-refractivity contribution is 0.0101. The molecule has 2 rings (SSSR count). The van der Waals surface area contributed by atoms with E-state index in [0.29, 0.717) is 18.7 Å². The number of halogens is 2. The van der Waals surface area contributed by atoms with E-state index in [-0.39, 0.29) is 5.82 Å². The minimum Gasteiger partial charge on any atom is -0.381 e. The Morgan fingerprint density at radius 1 is 1.53 bits per heavy atom. The average Bonchev–Trinajstić information content (AvgIpc) is 2.42. The van der Waals surface area contributed by atoms with Crippen LogP contribution in [-0.4, -0.2) is 37.2 Å². The summed E-state index contributed by atoms with van der Waals surface area (Å²) in [7, 11) is 1.75. The fraction of sp³-hybridized carbons (Fsp3) is 0.571. The molecule has 5 heteroatoms. The maximum absolute atomic E-state index is 13.1. The fourth-order valence-electron chi connectivity index (χ4n) is 2.60. The number of nitrogens with two attached hydrogens (primary N) is 1. The Kier molecular flexibility index (Phi) is 5.33. The summed E-state index contributed by atoms with van der Waals surface area (Å²) in [6.45, 7) is 2.38. The Balaban J connectivity index is 2.05. The van der Waals surface area contributed by atoms with E-state index in [4.69, 9.17) is 10.5 Å².